The summed E-state index contributed by atoms with van der Waals surface area (Å²) in [6.07, 6.45) is 5.25. The molecule has 13 aromatic rings. The Morgan fingerprint density at radius 3 is 1.38 bits per heavy atom. The number of alkyl carbamates (subject to hydrolysis) is 2. The second kappa shape index (κ2) is 35.5. The van der Waals surface area contributed by atoms with Gasteiger partial charge in [-0.3, -0.25) is 0 Å². The Morgan fingerprint density at radius 1 is 0.515 bits per heavy atom. The number of hydrogen-bond donors (Lipinski definition) is 6. The molecule has 7 N–H and O–H groups in total. The number of phenols is 1. The second-order valence-electron chi connectivity index (χ2n) is 25.7. The van der Waals surface area contributed by atoms with Crippen LogP contribution in [-0.4, -0.2) is 54.2 Å². The number of aliphatic hydroxyl groups is 1. The number of nitrogens with zero attached hydrogens (tertiary/aromatic N) is 5. The monoisotopic (exact) mass is 1380 g/mol. The first-order chi connectivity index (χ1) is 49.3. The number of aliphatic hydroxyl groups excluding tert-OH is 1. The van der Waals surface area contributed by atoms with Crippen LogP contribution >= 0.6 is 0 Å². The molecule has 0 unspecified atom stereocenters. The van der Waals surface area contributed by atoms with Crippen LogP contribution in [0.1, 0.15) is 105 Å². The number of H-pyrrole nitrogens is 1. The van der Waals surface area contributed by atoms with Gasteiger partial charge < -0.3 is 58.8 Å². The number of rotatable bonds is 19. The summed E-state index contributed by atoms with van der Waals surface area (Å²) in [5.74, 6) is 2.33. The molecule has 4 heterocycles. The van der Waals surface area contributed by atoms with Crippen LogP contribution < -0.4 is 25.8 Å². The van der Waals surface area contributed by atoms with Crippen LogP contribution in [0.15, 0.2) is 232 Å². The lowest BCUT2D eigenvalue weighted by atomic mass is 9.99. The Morgan fingerprint density at radius 2 is 0.932 bits per heavy atom. The largest absolute Gasteiger partial charge is 0.508 e. The topological polar surface area (TPSA) is 303 Å². The minimum atomic E-state index is -0.547. The summed E-state index contributed by atoms with van der Waals surface area (Å²) in [5, 5.41) is 58.7. The molecule has 20 heteroatoms. The highest BCUT2D eigenvalue weighted by Crippen LogP contribution is 2.36. The lowest BCUT2D eigenvalue weighted by Gasteiger charge is -2.19. The molecule has 0 saturated heterocycles. The number of tetrazole rings is 1. The van der Waals surface area contributed by atoms with Gasteiger partial charge in [0.2, 0.25) is 0 Å². The molecule has 4 aromatic heterocycles. The molecule has 0 aliphatic rings. The highest BCUT2D eigenvalue weighted by Gasteiger charge is 2.20. The van der Waals surface area contributed by atoms with Crippen molar-refractivity contribution in [2.45, 2.75) is 119 Å². The fourth-order valence-corrected chi connectivity index (χ4v) is 11.0. The van der Waals surface area contributed by atoms with Crippen molar-refractivity contribution in [1.82, 2.24) is 31.3 Å². The number of nitriles is 2. The normalized spacial score (nSPS) is 10.9. The molecule has 0 spiro atoms. The van der Waals surface area contributed by atoms with Gasteiger partial charge in [-0.25, -0.2) is 9.59 Å². The molecule has 0 saturated carbocycles. The van der Waals surface area contributed by atoms with Gasteiger partial charge in [0.25, 0.3) is 0 Å². The van der Waals surface area contributed by atoms with E-state index in [1.165, 1.54) is 0 Å². The summed E-state index contributed by atoms with van der Waals surface area (Å²) in [4.78, 5) is 23.9. The minimum Gasteiger partial charge on any atom is -0.508 e. The first-order valence-corrected chi connectivity index (χ1v) is 33.0. The molecule has 0 atom stereocenters. The van der Waals surface area contributed by atoms with Crippen molar-refractivity contribution < 1.29 is 52.0 Å². The fourth-order valence-electron chi connectivity index (χ4n) is 11.0. The van der Waals surface area contributed by atoms with Gasteiger partial charge in [-0.2, -0.15) is 15.7 Å². The zero-order valence-corrected chi connectivity index (χ0v) is 57.5. The molecule has 2 amide bonds. The number of carbonyl (C=O) groups excluding carboxylic acids is 2. The molecule has 13 rings (SSSR count). The third kappa shape index (κ3) is 21.3. The van der Waals surface area contributed by atoms with E-state index < -0.39 is 23.4 Å². The SMILES string of the molecule is C.CC(C)(C)OC(=O)NCc1cccc(-c2cc(CO)cc3ccoc23)c1.CC(C)(C)OC(=O)NCc1cccc(-c2cc(COc3ccccc3CC#N)cc3ccoc23)c1.N#CCc1ccccc1O.NCc1cccc(-c2cc(COc3ccccc3Cc3nn[nH]n3)cc3ccoc23)c1. The fraction of sp³-hybridized carbons (Fsp3) is 0.217. The van der Waals surface area contributed by atoms with Crippen molar-refractivity contribution >= 4 is 45.1 Å². The van der Waals surface area contributed by atoms with Crippen molar-refractivity contribution in [3.63, 3.8) is 0 Å². The summed E-state index contributed by atoms with van der Waals surface area (Å²) in [7, 11) is 0. The Hall–Kier alpha value is -12.5. The predicted molar refractivity (Wildman–Crippen MR) is 397 cm³/mol. The van der Waals surface area contributed by atoms with Crippen molar-refractivity contribution in [3.05, 3.63) is 275 Å². The van der Waals surface area contributed by atoms with Crippen LogP contribution in [0.5, 0.6) is 17.2 Å². The van der Waals surface area contributed by atoms with Gasteiger partial charge in [-0.15, -0.1) is 10.2 Å². The van der Waals surface area contributed by atoms with Gasteiger partial charge in [0, 0.05) is 75.6 Å². The average molecular weight is 1380 g/mol. The number of carbonyl (C=O) groups is 2. The number of phenolic OH excluding ortho intramolecular Hbond substituents is 1. The third-order valence-corrected chi connectivity index (χ3v) is 15.6. The van der Waals surface area contributed by atoms with E-state index >= 15 is 0 Å². The van der Waals surface area contributed by atoms with Gasteiger partial charge in [-0.05, 0) is 183 Å². The predicted octanol–water partition coefficient (Wildman–Crippen LogP) is 17.7. The summed E-state index contributed by atoms with van der Waals surface area (Å²) < 4.78 is 40.1. The number of para-hydroxylation sites is 3. The van der Waals surface area contributed by atoms with E-state index in [4.69, 9.17) is 53.6 Å². The molecule has 20 nitrogen and oxygen atoms in total. The maximum atomic E-state index is 12.0. The Kier molecular flexibility index (Phi) is 25.8. The lowest BCUT2D eigenvalue weighted by Crippen LogP contribution is -2.32. The number of nitrogens with one attached hydrogen (secondary N) is 3. The molecule has 0 aliphatic heterocycles. The number of amides is 2. The summed E-state index contributed by atoms with van der Waals surface area (Å²) in [5.41, 5.74) is 21.5. The second-order valence-corrected chi connectivity index (χ2v) is 25.7. The number of nitrogens with two attached hydrogens (primary N) is 1. The van der Waals surface area contributed by atoms with E-state index in [1.807, 2.05) is 193 Å². The standard InChI is InChI=1S/C29H28N2O4.C24H21N5O2.C21H23NO4.C8H7NO.CH4/c1-29(2,3)35-28(32)31-18-20-7-6-9-23(15-20)25-17-21(16-24-12-14-33-27(24)25)19-34-26-10-5-4-8-22(26)11-13-30;25-14-16-4-3-6-18(10-16)21-12-17(11-20-8-9-30-24(20)21)15-31-22-7-2-1-5-19(22)13-23-26-28-29-27-23;1-21(2,3)26-20(24)22-12-14-5-4-6-16(9-14)18-11-15(13-23)10-17-7-8-25-19(17)18;9-6-5-7-3-1-2-4-8(7)10;/h4-10,12,14-17H,11,18-19H2,1-3H3,(H,31,32);1-12H,13-15,25H2,(H,26,27,28,29);4-11,23H,12-13H2,1-3H3,(H,22,24);1-4,10H,5H2;1H4. The number of aromatic amines is 1. The molecular weight excluding hydrogens is 1300 g/mol. The number of furan rings is 3. The zero-order valence-electron chi connectivity index (χ0n) is 57.5. The van der Waals surface area contributed by atoms with Crippen LogP contribution in [-0.2, 0) is 68.2 Å². The molecule has 0 bridgehead atoms. The zero-order chi connectivity index (χ0) is 72.0. The van der Waals surface area contributed by atoms with Gasteiger partial charge in [-0.1, -0.05) is 122 Å². The molecule has 526 valence electrons. The van der Waals surface area contributed by atoms with Gasteiger partial charge in [0.05, 0.1) is 50.4 Å². The van der Waals surface area contributed by atoms with Crippen LogP contribution in [0.2, 0.25) is 0 Å². The first kappa shape index (κ1) is 74.7. The Labute approximate surface area is 598 Å². The van der Waals surface area contributed by atoms with Gasteiger partial charge in [0.1, 0.15) is 58.4 Å². The lowest BCUT2D eigenvalue weighted by molar-refractivity contribution is 0.0512. The maximum Gasteiger partial charge on any atom is 0.407 e. The quantitative estimate of drug-likeness (QED) is 0.0438. The van der Waals surface area contributed by atoms with Crippen LogP contribution in [0.3, 0.4) is 0 Å². The molecular formula is C83H83N9O11. The van der Waals surface area contributed by atoms with E-state index in [2.05, 4.69) is 67.7 Å². The van der Waals surface area contributed by atoms with E-state index in [0.29, 0.717) is 62.8 Å². The van der Waals surface area contributed by atoms with Gasteiger partial charge in [0.15, 0.2) is 5.82 Å². The molecule has 0 radical (unpaired) electrons. The van der Waals surface area contributed by atoms with Crippen LogP contribution in [0.25, 0.3) is 66.3 Å². The molecule has 9 aromatic carbocycles. The third-order valence-electron chi connectivity index (χ3n) is 15.6. The minimum absolute atomic E-state index is 0. The molecule has 0 fully saturated rings. The number of aromatic nitrogens is 4. The number of hydrogen-bond acceptors (Lipinski definition) is 17. The van der Waals surface area contributed by atoms with Crippen molar-refractivity contribution in [3.8, 4) is 62.8 Å². The highest BCUT2D eigenvalue weighted by molar-refractivity contribution is 5.95. The van der Waals surface area contributed by atoms with E-state index in [9.17, 15) is 14.7 Å². The number of fused-ring (bicyclic) bond motifs is 3. The maximum absolute atomic E-state index is 12.0. The number of ether oxygens (including phenoxy) is 4. The Balaban J connectivity index is 0.000000168. The highest BCUT2D eigenvalue weighted by atomic mass is 16.6. The molecule has 103 heavy (non-hydrogen) atoms. The van der Waals surface area contributed by atoms with Crippen LogP contribution in [0.4, 0.5) is 9.59 Å². The van der Waals surface area contributed by atoms with E-state index in [1.54, 1.807) is 43.1 Å². The van der Waals surface area contributed by atoms with E-state index in [0.717, 1.165) is 117 Å². The summed E-state index contributed by atoms with van der Waals surface area (Å²) in [6.45, 7) is 12.9. The van der Waals surface area contributed by atoms with Crippen LogP contribution in [0, 0.1) is 22.7 Å². The Bertz CT molecular complexity index is 5050. The van der Waals surface area contributed by atoms with E-state index in [-0.39, 0.29) is 26.2 Å². The molecule has 0 aliphatic carbocycles. The smallest absolute Gasteiger partial charge is 0.407 e. The van der Waals surface area contributed by atoms with Gasteiger partial charge >= 0.3 is 12.2 Å². The number of benzene rings is 9. The summed E-state index contributed by atoms with van der Waals surface area (Å²) >= 11 is 0. The van der Waals surface area contributed by atoms with Crippen molar-refractivity contribution in [2.75, 3.05) is 0 Å². The van der Waals surface area contributed by atoms with Crippen molar-refractivity contribution in [1.29, 1.82) is 10.5 Å². The summed E-state index contributed by atoms with van der Waals surface area (Å²) in [6, 6.07) is 68.4. The first-order valence-electron chi connectivity index (χ1n) is 33.0. The van der Waals surface area contributed by atoms with Crippen molar-refractivity contribution in [2.24, 2.45) is 5.73 Å². The number of aromatic hydroxyl groups is 1. The average Bonchev–Trinajstić information content (AvgIpc) is 1.78.